The van der Waals surface area contributed by atoms with E-state index in [0.29, 0.717) is 29.0 Å². The van der Waals surface area contributed by atoms with Crippen molar-refractivity contribution in [3.8, 4) is 11.5 Å². The van der Waals surface area contributed by atoms with Gasteiger partial charge in [0.2, 0.25) is 0 Å². The molecule has 35 heavy (non-hydrogen) atoms. The number of amides is 1. The summed E-state index contributed by atoms with van der Waals surface area (Å²) in [7, 11) is 0. The predicted molar refractivity (Wildman–Crippen MR) is 154 cm³/mol. The largest absolute Gasteiger partial charge is 0.490 e. The highest BCUT2D eigenvalue weighted by molar-refractivity contribution is 14.1. The summed E-state index contributed by atoms with van der Waals surface area (Å²) >= 11 is 3.62. The summed E-state index contributed by atoms with van der Waals surface area (Å²) in [6.45, 7) is 9.04. The molecule has 0 saturated carbocycles. The lowest BCUT2D eigenvalue weighted by atomic mass is 10.1. The molecule has 0 aromatic heterocycles. The summed E-state index contributed by atoms with van der Waals surface area (Å²) in [5, 5.41) is 0.625. The van der Waals surface area contributed by atoms with Crippen LogP contribution < -0.4 is 14.4 Å². The Bertz CT molecular complexity index is 1280. The first-order valence-electron chi connectivity index (χ1n) is 11.4. The third-order valence-electron chi connectivity index (χ3n) is 5.28. The lowest BCUT2D eigenvalue weighted by molar-refractivity contribution is -0.113. The number of aryl methyl sites for hydroxylation is 2. The van der Waals surface area contributed by atoms with Crippen LogP contribution >= 0.6 is 34.4 Å². The molecule has 1 aliphatic heterocycles. The second-order valence-corrected chi connectivity index (χ2v) is 10.2. The Hall–Kier alpha value is -2.78. The van der Waals surface area contributed by atoms with Crippen molar-refractivity contribution in [1.29, 1.82) is 0 Å². The number of aliphatic imine (C=N–C) groups is 1. The van der Waals surface area contributed by atoms with Gasteiger partial charge in [-0.3, -0.25) is 9.69 Å². The highest BCUT2D eigenvalue weighted by atomic mass is 127. The van der Waals surface area contributed by atoms with Crippen LogP contribution in [0.15, 0.2) is 70.6 Å². The Morgan fingerprint density at radius 1 is 0.943 bits per heavy atom. The highest BCUT2D eigenvalue weighted by Crippen LogP contribution is 2.39. The maximum absolute atomic E-state index is 13.6. The highest BCUT2D eigenvalue weighted by Gasteiger charge is 2.35. The van der Waals surface area contributed by atoms with Crippen LogP contribution in [0.4, 0.5) is 11.4 Å². The molecule has 4 rings (SSSR count). The van der Waals surface area contributed by atoms with Gasteiger partial charge in [0.1, 0.15) is 0 Å². The van der Waals surface area contributed by atoms with Crippen LogP contribution in [0.5, 0.6) is 11.5 Å². The number of ether oxygens (including phenoxy) is 2. The molecule has 3 aromatic rings. The average Bonchev–Trinajstić information content (AvgIpc) is 3.13. The van der Waals surface area contributed by atoms with E-state index < -0.39 is 0 Å². The zero-order valence-corrected chi connectivity index (χ0v) is 23.1. The van der Waals surface area contributed by atoms with Crippen molar-refractivity contribution in [3.63, 3.8) is 0 Å². The van der Waals surface area contributed by atoms with E-state index in [0.717, 1.165) is 37.4 Å². The first-order valence-corrected chi connectivity index (χ1v) is 13.3. The molecule has 0 spiro atoms. The van der Waals surface area contributed by atoms with E-state index in [-0.39, 0.29) is 5.91 Å². The molecule has 1 aliphatic rings. The summed E-state index contributed by atoms with van der Waals surface area (Å²) in [5.41, 5.74) is 4.76. The summed E-state index contributed by atoms with van der Waals surface area (Å²) in [5.74, 6) is 1.30. The minimum atomic E-state index is -0.105. The molecule has 1 fully saturated rings. The number of halogens is 1. The van der Waals surface area contributed by atoms with Gasteiger partial charge >= 0.3 is 0 Å². The lowest BCUT2D eigenvalue weighted by Crippen LogP contribution is -2.28. The molecule has 0 radical (unpaired) electrons. The summed E-state index contributed by atoms with van der Waals surface area (Å²) in [4.78, 5) is 20.7. The standard InChI is InChI=1S/C28H27IN2O3S/c1-5-33-24-16-20(15-23(29)26(24)34-6-2)17-25-27(32)31(22-13-9-19(4)10-14-22)28(35-25)30-21-11-7-18(3)8-12-21/h7-17H,5-6H2,1-4H3/b25-17-,30-28?. The van der Waals surface area contributed by atoms with E-state index in [9.17, 15) is 4.79 Å². The maximum Gasteiger partial charge on any atom is 0.271 e. The molecule has 0 N–H and O–H groups in total. The molecule has 7 heteroatoms. The van der Waals surface area contributed by atoms with Gasteiger partial charge < -0.3 is 9.47 Å². The van der Waals surface area contributed by atoms with E-state index in [1.165, 1.54) is 11.8 Å². The third kappa shape index (κ3) is 5.90. The zero-order valence-electron chi connectivity index (χ0n) is 20.2. The van der Waals surface area contributed by atoms with Crippen LogP contribution in [0.25, 0.3) is 6.08 Å². The lowest BCUT2D eigenvalue weighted by Gasteiger charge is -2.16. The van der Waals surface area contributed by atoms with Crippen LogP contribution in [0, 0.1) is 17.4 Å². The normalized spacial score (nSPS) is 15.8. The summed E-state index contributed by atoms with van der Waals surface area (Å²) in [6, 6.07) is 19.8. The fourth-order valence-electron chi connectivity index (χ4n) is 3.57. The molecule has 180 valence electrons. The topological polar surface area (TPSA) is 51.1 Å². The van der Waals surface area contributed by atoms with Gasteiger partial charge in [-0.15, -0.1) is 0 Å². The number of amidine groups is 1. The maximum atomic E-state index is 13.6. The zero-order chi connectivity index (χ0) is 24.9. The van der Waals surface area contributed by atoms with Crippen molar-refractivity contribution in [2.45, 2.75) is 27.7 Å². The fraction of sp³-hybridized carbons (Fsp3) is 0.214. The number of carbonyl (C=O) groups excluding carboxylic acids is 1. The van der Waals surface area contributed by atoms with Crippen LogP contribution in [-0.4, -0.2) is 24.3 Å². The van der Waals surface area contributed by atoms with E-state index >= 15 is 0 Å². The van der Waals surface area contributed by atoms with Crippen molar-refractivity contribution in [3.05, 3.63) is 85.8 Å². The van der Waals surface area contributed by atoms with Gasteiger partial charge in [-0.05, 0) is 110 Å². The number of nitrogens with zero attached hydrogens (tertiary/aromatic N) is 2. The Labute approximate surface area is 224 Å². The molecule has 0 unspecified atom stereocenters. The smallest absolute Gasteiger partial charge is 0.271 e. The van der Waals surface area contributed by atoms with E-state index in [1.54, 1.807) is 4.90 Å². The van der Waals surface area contributed by atoms with Crippen LogP contribution in [0.3, 0.4) is 0 Å². The third-order valence-corrected chi connectivity index (χ3v) is 7.05. The monoisotopic (exact) mass is 598 g/mol. The molecule has 1 amide bonds. The van der Waals surface area contributed by atoms with Crippen molar-refractivity contribution in [1.82, 2.24) is 0 Å². The molecular weight excluding hydrogens is 571 g/mol. The van der Waals surface area contributed by atoms with Gasteiger partial charge in [0, 0.05) is 0 Å². The van der Waals surface area contributed by atoms with Gasteiger partial charge in [0.25, 0.3) is 5.91 Å². The second-order valence-electron chi connectivity index (χ2n) is 8.01. The first kappa shape index (κ1) is 25.3. The summed E-state index contributed by atoms with van der Waals surface area (Å²) in [6.07, 6.45) is 1.90. The van der Waals surface area contributed by atoms with E-state index in [1.807, 2.05) is 94.4 Å². The number of carbonyl (C=O) groups is 1. The number of benzene rings is 3. The average molecular weight is 599 g/mol. The molecule has 1 saturated heterocycles. The number of rotatable bonds is 7. The number of hydrogen-bond acceptors (Lipinski definition) is 5. The van der Waals surface area contributed by atoms with Crippen LogP contribution in [-0.2, 0) is 4.79 Å². The quantitative estimate of drug-likeness (QED) is 0.209. The minimum absolute atomic E-state index is 0.105. The van der Waals surface area contributed by atoms with Gasteiger partial charge in [-0.1, -0.05) is 35.4 Å². The first-order chi connectivity index (χ1) is 16.9. The molecule has 1 heterocycles. The molecule has 0 bridgehead atoms. The van der Waals surface area contributed by atoms with Crippen molar-refractivity contribution in [2.24, 2.45) is 4.99 Å². The minimum Gasteiger partial charge on any atom is -0.490 e. The molecule has 0 atom stereocenters. The number of anilines is 1. The van der Waals surface area contributed by atoms with Crippen molar-refractivity contribution >= 4 is 62.9 Å². The van der Waals surface area contributed by atoms with Gasteiger partial charge in [-0.25, -0.2) is 4.99 Å². The predicted octanol–water partition coefficient (Wildman–Crippen LogP) is 7.51. The summed E-state index contributed by atoms with van der Waals surface area (Å²) < 4.78 is 12.6. The van der Waals surface area contributed by atoms with Crippen molar-refractivity contribution < 1.29 is 14.3 Å². The Balaban J connectivity index is 1.76. The van der Waals surface area contributed by atoms with Gasteiger partial charge in [0.05, 0.1) is 33.1 Å². The second kappa shape index (κ2) is 11.3. The Morgan fingerprint density at radius 2 is 1.57 bits per heavy atom. The fourth-order valence-corrected chi connectivity index (χ4v) is 5.35. The molecular formula is C28H27IN2O3S. The van der Waals surface area contributed by atoms with Gasteiger partial charge in [0.15, 0.2) is 16.7 Å². The van der Waals surface area contributed by atoms with Crippen LogP contribution in [0.2, 0.25) is 0 Å². The molecule has 0 aliphatic carbocycles. The van der Waals surface area contributed by atoms with Crippen LogP contribution in [0.1, 0.15) is 30.5 Å². The van der Waals surface area contributed by atoms with E-state index in [2.05, 4.69) is 22.6 Å². The van der Waals surface area contributed by atoms with E-state index in [4.69, 9.17) is 14.5 Å². The number of hydrogen-bond donors (Lipinski definition) is 0. The Morgan fingerprint density at radius 3 is 2.20 bits per heavy atom. The van der Waals surface area contributed by atoms with Gasteiger partial charge in [-0.2, -0.15) is 0 Å². The Kier molecular flexibility index (Phi) is 8.18. The SMILES string of the molecule is CCOc1cc(/C=C2\SC(=Nc3ccc(C)cc3)N(c3ccc(C)cc3)C2=O)cc(I)c1OCC. The number of thioether (sulfide) groups is 1. The molecule has 5 nitrogen and oxygen atoms in total. The molecule has 3 aromatic carbocycles. The van der Waals surface area contributed by atoms with Crippen molar-refractivity contribution in [2.75, 3.05) is 18.1 Å².